The Hall–Kier alpha value is -1.72. The van der Waals surface area contributed by atoms with Crippen molar-refractivity contribution in [1.29, 1.82) is 0 Å². The van der Waals surface area contributed by atoms with Gasteiger partial charge in [0.25, 0.3) is 0 Å². The van der Waals surface area contributed by atoms with E-state index in [0.717, 1.165) is 10.0 Å². The largest absolute Gasteiger partial charge is 0.257 e. The van der Waals surface area contributed by atoms with Crippen LogP contribution in [-0.2, 0) is 0 Å². The molecule has 1 atom stereocenters. The van der Waals surface area contributed by atoms with Gasteiger partial charge in [-0.25, -0.2) is 13.8 Å². The molecule has 2 aromatic rings. The van der Waals surface area contributed by atoms with Gasteiger partial charge in [0.2, 0.25) is 0 Å². The first kappa shape index (κ1) is 15.2. The van der Waals surface area contributed by atoms with Crippen LogP contribution in [-0.4, -0.2) is 10.3 Å². The Bertz CT molecular complexity index is 739. The van der Waals surface area contributed by atoms with Crippen LogP contribution in [0.25, 0.3) is 0 Å². The van der Waals surface area contributed by atoms with E-state index in [9.17, 15) is 8.78 Å². The number of nitrogens with zero attached hydrogens (tertiary/aromatic N) is 2. The molecule has 6 heteroatoms. The number of halogens is 4. The summed E-state index contributed by atoms with van der Waals surface area (Å²) in [4.78, 5) is 4.04. The molecule has 0 spiro atoms. The van der Waals surface area contributed by atoms with E-state index in [0.29, 0.717) is 0 Å². The fourth-order valence-electron chi connectivity index (χ4n) is 2.24. The SMILES string of the molecule is Fc1cccc(F)c1C1=NC=CC(c2ccc(Br)cc2)N1Cl. The number of hydrogen-bond donors (Lipinski definition) is 0. The average Bonchev–Trinajstić information content (AvgIpc) is 2.50. The van der Waals surface area contributed by atoms with Gasteiger partial charge in [-0.05, 0) is 35.9 Å². The lowest BCUT2D eigenvalue weighted by molar-refractivity contribution is 0.536. The summed E-state index contributed by atoms with van der Waals surface area (Å²) >= 11 is 9.67. The van der Waals surface area contributed by atoms with E-state index in [1.165, 1.54) is 28.8 Å². The molecule has 1 unspecified atom stereocenters. The molecule has 1 aliphatic heterocycles. The molecule has 112 valence electrons. The maximum absolute atomic E-state index is 14.0. The molecular formula is C16H10BrClF2N2. The van der Waals surface area contributed by atoms with Crippen LogP contribution in [0.4, 0.5) is 8.78 Å². The first-order valence-electron chi connectivity index (χ1n) is 6.47. The van der Waals surface area contributed by atoms with Crippen molar-refractivity contribution in [3.63, 3.8) is 0 Å². The molecule has 0 aliphatic carbocycles. The van der Waals surface area contributed by atoms with Gasteiger partial charge in [0.05, 0.1) is 11.6 Å². The van der Waals surface area contributed by atoms with E-state index in [2.05, 4.69) is 20.9 Å². The molecular weight excluding hydrogens is 374 g/mol. The topological polar surface area (TPSA) is 15.6 Å². The summed E-state index contributed by atoms with van der Waals surface area (Å²) in [7, 11) is 0. The van der Waals surface area contributed by atoms with Crippen LogP contribution < -0.4 is 0 Å². The minimum atomic E-state index is -0.700. The van der Waals surface area contributed by atoms with Gasteiger partial charge in [-0.15, -0.1) is 0 Å². The van der Waals surface area contributed by atoms with Crippen molar-refractivity contribution < 1.29 is 8.78 Å². The maximum Gasteiger partial charge on any atom is 0.157 e. The lowest BCUT2D eigenvalue weighted by atomic mass is 10.0. The molecule has 1 heterocycles. The second kappa shape index (κ2) is 6.18. The fourth-order valence-corrected chi connectivity index (χ4v) is 2.81. The number of hydrogen-bond acceptors (Lipinski definition) is 2. The lowest BCUT2D eigenvalue weighted by Gasteiger charge is -2.28. The summed E-state index contributed by atoms with van der Waals surface area (Å²) in [6.45, 7) is 0. The van der Waals surface area contributed by atoms with Crippen LogP contribution in [0.5, 0.6) is 0 Å². The lowest BCUT2D eigenvalue weighted by Crippen LogP contribution is -2.30. The highest BCUT2D eigenvalue weighted by atomic mass is 79.9. The van der Waals surface area contributed by atoms with Gasteiger partial charge >= 0.3 is 0 Å². The monoisotopic (exact) mass is 382 g/mol. The van der Waals surface area contributed by atoms with Crippen molar-refractivity contribution in [2.45, 2.75) is 6.04 Å². The Morgan fingerprint density at radius 1 is 1.05 bits per heavy atom. The van der Waals surface area contributed by atoms with E-state index < -0.39 is 11.6 Å². The molecule has 0 saturated heterocycles. The van der Waals surface area contributed by atoms with Crippen LogP contribution in [0.15, 0.2) is 64.2 Å². The molecule has 22 heavy (non-hydrogen) atoms. The van der Waals surface area contributed by atoms with Gasteiger partial charge in [0.1, 0.15) is 11.6 Å². The molecule has 0 amide bonds. The second-order valence-electron chi connectivity index (χ2n) is 4.70. The Morgan fingerprint density at radius 3 is 2.32 bits per heavy atom. The van der Waals surface area contributed by atoms with Gasteiger partial charge < -0.3 is 0 Å². The van der Waals surface area contributed by atoms with Crippen LogP contribution in [0.2, 0.25) is 0 Å². The van der Waals surface area contributed by atoms with E-state index in [-0.39, 0.29) is 17.4 Å². The standard InChI is InChI=1S/C16H10BrClF2N2/c17-11-6-4-10(5-7-11)14-8-9-21-16(22(14)18)15-12(19)2-1-3-13(15)20/h1-9,14H. The van der Waals surface area contributed by atoms with Crippen LogP contribution >= 0.6 is 27.7 Å². The van der Waals surface area contributed by atoms with Gasteiger partial charge in [0.15, 0.2) is 5.84 Å². The van der Waals surface area contributed by atoms with Crippen molar-refractivity contribution in [2.24, 2.45) is 4.99 Å². The van der Waals surface area contributed by atoms with Gasteiger partial charge in [-0.3, -0.25) is 4.42 Å². The van der Waals surface area contributed by atoms with Gasteiger partial charge in [-0.2, -0.15) is 0 Å². The van der Waals surface area contributed by atoms with Crippen molar-refractivity contribution in [3.05, 3.63) is 82.0 Å². The van der Waals surface area contributed by atoms with E-state index in [1.807, 2.05) is 24.3 Å². The highest BCUT2D eigenvalue weighted by Gasteiger charge is 2.27. The zero-order valence-electron chi connectivity index (χ0n) is 11.2. The highest BCUT2D eigenvalue weighted by Crippen LogP contribution is 2.31. The van der Waals surface area contributed by atoms with E-state index in [1.54, 1.807) is 6.08 Å². The summed E-state index contributed by atoms with van der Waals surface area (Å²) in [5.41, 5.74) is 0.655. The van der Waals surface area contributed by atoms with Crippen molar-refractivity contribution in [3.8, 4) is 0 Å². The second-order valence-corrected chi connectivity index (χ2v) is 5.98. The third-order valence-corrected chi connectivity index (χ3v) is 4.21. The van der Waals surface area contributed by atoms with Crippen LogP contribution in [0.1, 0.15) is 17.2 Å². The fraction of sp³-hybridized carbons (Fsp3) is 0.0625. The average molecular weight is 384 g/mol. The third kappa shape index (κ3) is 2.78. The van der Waals surface area contributed by atoms with Crippen molar-refractivity contribution in [1.82, 2.24) is 4.42 Å². The molecule has 0 fully saturated rings. The Morgan fingerprint density at radius 2 is 1.68 bits per heavy atom. The van der Waals surface area contributed by atoms with Crippen LogP contribution in [0.3, 0.4) is 0 Å². The predicted octanol–water partition coefficient (Wildman–Crippen LogP) is 5.20. The summed E-state index contributed by atoms with van der Waals surface area (Å²) in [6.07, 6.45) is 3.27. The molecule has 0 aromatic heterocycles. The zero-order valence-corrected chi connectivity index (χ0v) is 13.5. The quantitative estimate of drug-likeness (QED) is 0.651. The van der Waals surface area contributed by atoms with E-state index in [4.69, 9.17) is 11.8 Å². The molecule has 1 aliphatic rings. The minimum Gasteiger partial charge on any atom is -0.257 e. The molecule has 2 nitrogen and oxygen atoms in total. The third-order valence-electron chi connectivity index (χ3n) is 3.31. The Labute approximate surface area is 140 Å². The smallest absolute Gasteiger partial charge is 0.157 e. The summed E-state index contributed by atoms with van der Waals surface area (Å²) in [6, 6.07) is 10.8. The minimum absolute atomic E-state index is 0.0488. The summed E-state index contributed by atoms with van der Waals surface area (Å²) < 4.78 is 30.1. The van der Waals surface area contributed by atoms with Crippen LogP contribution in [0, 0.1) is 11.6 Å². The highest BCUT2D eigenvalue weighted by molar-refractivity contribution is 9.10. The molecule has 2 aromatic carbocycles. The van der Waals surface area contributed by atoms with Gasteiger partial charge in [0, 0.05) is 22.4 Å². The molecule has 0 N–H and O–H groups in total. The van der Waals surface area contributed by atoms with Gasteiger partial charge in [-0.1, -0.05) is 34.1 Å². The number of benzene rings is 2. The summed E-state index contributed by atoms with van der Waals surface area (Å²) in [5, 5.41) is 0. The van der Waals surface area contributed by atoms with Crippen molar-refractivity contribution in [2.75, 3.05) is 0 Å². The number of rotatable bonds is 2. The van der Waals surface area contributed by atoms with Crippen molar-refractivity contribution >= 4 is 33.5 Å². The first-order valence-corrected chi connectivity index (χ1v) is 7.60. The normalized spacial score (nSPS) is 17.5. The predicted molar refractivity (Wildman–Crippen MR) is 86.6 cm³/mol. The Kier molecular flexibility index (Phi) is 4.27. The molecule has 0 bridgehead atoms. The molecule has 3 rings (SSSR count). The Balaban J connectivity index is 2.00. The summed E-state index contributed by atoms with van der Waals surface area (Å²) in [5.74, 6) is -1.35. The maximum atomic E-state index is 14.0. The zero-order chi connectivity index (χ0) is 15.7. The van der Waals surface area contributed by atoms with E-state index >= 15 is 0 Å². The number of amidine groups is 1. The molecule has 0 saturated carbocycles. The number of aliphatic imine (C=N–C) groups is 1. The molecule has 0 radical (unpaired) electrons. The first-order chi connectivity index (χ1) is 10.6.